The Hall–Kier alpha value is -2.38. The van der Waals surface area contributed by atoms with Crippen LogP contribution in [0.25, 0.3) is 0 Å². The van der Waals surface area contributed by atoms with E-state index >= 15 is 0 Å². The quantitative estimate of drug-likeness (QED) is 0.821. The van der Waals surface area contributed by atoms with Crippen LogP contribution in [0.2, 0.25) is 0 Å². The lowest BCUT2D eigenvalue weighted by Gasteiger charge is -2.34. The summed E-state index contributed by atoms with van der Waals surface area (Å²) in [6.45, 7) is 5.36. The van der Waals surface area contributed by atoms with Gasteiger partial charge in [-0.15, -0.1) is 0 Å². The maximum Gasteiger partial charge on any atom is 0.315 e. The van der Waals surface area contributed by atoms with Gasteiger partial charge in [-0.2, -0.15) is 0 Å². The minimum absolute atomic E-state index is 0.0236. The lowest BCUT2D eigenvalue weighted by Crippen LogP contribution is -2.54. The second-order valence-electron chi connectivity index (χ2n) is 6.58. The van der Waals surface area contributed by atoms with Crippen molar-refractivity contribution >= 4 is 17.8 Å². The first-order valence-electron chi connectivity index (χ1n) is 8.74. The van der Waals surface area contributed by atoms with Crippen LogP contribution in [0, 0.1) is 0 Å². The third kappa shape index (κ3) is 5.30. The van der Waals surface area contributed by atoms with E-state index in [1.807, 2.05) is 6.07 Å². The van der Waals surface area contributed by atoms with Crippen molar-refractivity contribution in [3.63, 3.8) is 0 Å². The minimum Gasteiger partial charge on any atom is -0.354 e. The highest BCUT2D eigenvalue weighted by Crippen LogP contribution is 2.18. The van der Waals surface area contributed by atoms with E-state index in [1.54, 1.807) is 27.3 Å². The monoisotopic (exact) mass is 348 g/mol. The Bertz CT molecular complexity index is 607. The number of rotatable bonds is 5. The number of aryl methyl sites for hydroxylation is 1. The van der Waals surface area contributed by atoms with E-state index in [0.29, 0.717) is 6.54 Å². The van der Waals surface area contributed by atoms with Gasteiger partial charge in [0.25, 0.3) is 0 Å². The molecule has 1 aliphatic heterocycles. The standard InChI is InChI=1S/C17H28N6O2/c1-5-13-9-15(19-11-18-13)23-8-6-7-14(10-23)21-17(25)20-12(2)16(24)22(3)4/h9,11-12,14H,5-8,10H2,1-4H3,(H2,20,21,25)/t12-,14+/m0/s1. The summed E-state index contributed by atoms with van der Waals surface area (Å²) in [6, 6.07) is 1.16. The number of amides is 3. The van der Waals surface area contributed by atoms with E-state index in [-0.39, 0.29) is 18.0 Å². The van der Waals surface area contributed by atoms with Crippen molar-refractivity contribution in [1.82, 2.24) is 25.5 Å². The van der Waals surface area contributed by atoms with Crippen molar-refractivity contribution in [3.05, 3.63) is 18.1 Å². The van der Waals surface area contributed by atoms with Crippen LogP contribution in [0.15, 0.2) is 12.4 Å². The molecular formula is C17H28N6O2. The van der Waals surface area contributed by atoms with E-state index < -0.39 is 6.04 Å². The van der Waals surface area contributed by atoms with Gasteiger partial charge < -0.3 is 20.4 Å². The molecule has 1 aromatic rings. The smallest absolute Gasteiger partial charge is 0.315 e. The van der Waals surface area contributed by atoms with Crippen LogP contribution in [0.1, 0.15) is 32.4 Å². The van der Waals surface area contributed by atoms with E-state index in [4.69, 9.17) is 0 Å². The summed E-state index contributed by atoms with van der Waals surface area (Å²) in [5, 5.41) is 5.66. The molecule has 0 radical (unpaired) electrons. The number of aromatic nitrogens is 2. The molecule has 2 heterocycles. The van der Waals surface area contributed by atoms with Gasteiger partial charge in [0.1, 0.15) is 18.2 Å². The lowest BCUT2D eigenvalue weighted by atomic mass is 10.1. The predicted octanol–water partition coefficient (Wildman–Crippen LogP) is 0.784. The molecule has 1 fully saturated rings. The number of urea groups is 1. The van der Waals surface area contributed by atoms with Crippen LogP contribution in [0.3, 0.4) is 0 Å². The zero-order chi connectivity index (χ0) is 18.4. The first-order valence-corrected chi connectivity index (χ1v) is 8.74. The highest BCUT2D eigenvalue weighted by Gasteiger charge is 2.24. The molecule has 0 saturated carbocycles. The Morgan fingerprint density at radius 1 is 1.40 bits per heavy atom. The number of carbonyl (C=O) groups excluding carboxylic acids is 2. The molecule has 0 aromatic carbocycles. The number of hydrogen-bond donors (Lipinski definition) is 2. The summed E-state index contributed by atoms with van der Waals surface area (Å²) < 4.78 is 0. The fourth-order valence-electron chi connectivity index (χ4n) is 2.93. The van der Waals surface area contributed by atoms with Crippen LogP contribution in [-0.4, -0.2) is 66.1 Å². The molecule has 2 atom stereocenters. The van der Waals surface area contributed by atoms with E-state index in [2.05, 4.69) is 32.4 Å². The average molecular weight is 348 g/mol. The fourth-order valence-corrected chi connectivity index (χ4v) is 2.93. The minimum atomic E-state index is -0.552. The SMILES string of the molecule is CCc1cc(N2CCC[C@@H](NC(=O)N[C@@H](C)C(=O)N(C)C)C2)ncn1. The molecule has 0 unspecified atom stereocenters. The fraction of sp³-hybridized carbons (Fsp3) is 0.647. The Morgan fingerprint density at radius 2 is 2.16 bits per heavy atom. The van der Waals surface area contributed by atoms with Gasteiger partial charge in [0, 0.05) is 45.0 Å². The highest BCUT2D eigenvalue weighted by molar-refractivity contribution is 5.86. The lowest BCUT2D eigenvalue weighted by molar-refractivity contribution is -0.130. The largest absolute Gasteiger partial charge is 0.354 e. The van der Waals surface area contributed by atoms with Gasteiger partial charge >= 0.3 is 6.03 Å². The van der Waals surface area contributed by atoms with Crippen molar-refractivity contribution in [2.45, 2.75) is 45.2 Å². The van der Waals surface area contributed by atoms with E-state index in [0.717, 1.165) is 37.3 Å². The maximum absolute atomic E-state index is 12.2. The zero-order valence-electron chi connectivity index (χ0n) is 15.5. The summed E-state index contributed by atoms with van der Waals surface area (Å²) in [6.07, 6.45) is 4.34. The molecule has 0 spiro atoms. The average Bonchev–Trinajstić information content (AvgIpc) is 2.61. The van der Waals surface area contributed by atoms with Crippen LogP contribution in [-0.2, 0) is 11.2 Å². The Kier molecular flexibility index (Phi) is 6.55. The molecule has 0 bridgehead atoms. The second kappa shape index (κ2) is 8.64. The third-order valence-electron chi connectivity index (χ3n) is 4.31. The molecule has 8 nitrogen and oxygen atoms in total. The number of nitrogens with zero attached hydrogens (tertiary/aromatic N) is 4. The molecule has 8 heteroatoms. The molecule has 0 aliphatic carbocycles. The first kappa shape index (κ1) is 19.0. The van der Waals surface area contributed by atoms with Crippen molar-refractivity contribution in [2.75, 3.05) is 32.1 Å². The second-order valence-corrected chi connectivity index (χ2v) is 6.58. The van der Waals surface area contributed by atoms with Crippen molar-refractivity contribution in [3.8, 4) is 0 Å². The topological polar surface area (TPSA) is 90.5 Å². The van der Waals surface area contributed by atoms with Crippen molar-refractivity contribution in [2.24, 2.45) is 0 Å². The molecule has 3 amide bonds. The molecule has 25 heavy (non-hydrogen) atoms. The van der Waals surface area contributed by atoms with Gasteiger partial charge in [-0.05, 0) is 26.2 Å². The number of piperidine rings is 1. The van der Waals surface area contributed by atoms with Crippen molar-refractivity contribution in [1.29, 1.82) is 0 Å². The molecular weight excluding hydrogens is 320 g/mol. The van der Waals surface area contributed by atoms with Crippen LogP contribution in [0.5, 0.6) is 0 Å². The Morgan fingerprint density at radius 3 is 2.84 bits per heavy atom. The molecule has 138 valence electrons. The normalized spacial score (nSPS) is 18.4. The highest BCUT2D eigenvalue weighted by atomic mass is 16.2. The molecule has 1 saturated heterocycles. The molecule has 2 rings (SSSR count). The van der Waals surface area contributed by atoms with Gasteiger partial charge in [0.15, 0.2) is 0 Å². The van der Waals surface area contributed by atoms with Gasteiger partial charge in [0.2, 0.25) is 5.91 Å². The van der Waals surface area contributed by atoms with Crippen LogP contribution >= 0.6 is 0 Å². The van der Waals surface area contributed by atoms with Crippen LogP contribution in [0.4, 0.5) is 10.6 Å². The Balaban J connectivity index is 1.90. The summed E-state index contributed by atoms with van der Waals surface area (Å²) in [5.41, 5.74) is 1.01. The molecule has 1 aliphatic rings. The molecule has 1 aromatic heterocycles. The number of nitrogens with one attached hydrogen (secondary N) is 2. The first-order chi connectivity index (χ1) is 11.9. The third-order valence-corrected chi connectivity index (χ3v) is 4.31. The van der Waals surface area contributed by atoms with Gasteiger partial charge in [-0.1, -0.05) is 6.92 Å². The van der Waals surface area contributed by atoms with Gasteiger partial charge in [0.05, 0.1) is 0 Å². The molecule has 2 N–H and O–H groups in total. The summed E-state index contributed by atoms with van der Waals surface area (Å²) in [7, 11) is 3.34. The zero-order valence-corrected chi connectivity index (χ0v) is 15.5. The number of hydrogen-bond acceptors (Lipinski definition) is 5. The van der Waals surface area contributed by atoms with Crippen LogP contribution < -0.4 is 15.5 Å². The maximum atomic E-state index is 12.2. The number of likely N-dealkylation sites (N-methyl/N-ethyl adjacent to an activating group) is 1. The summed E-state index contributed by atoms with van der Waals surface area (Å²) in [4.78, 5) is 36.2. The van der Waals surface area contributed by atoms with E-state index in [9.17, 15) is 9.59 Å². The van der Waals surface area contributed by atoms with E-state index in [1.165, 1.54) is 4.90 Å². The van der Waals surface area contributed by atoms with Crippen molar-refractivity contribution < 1.29 is 9.59 Å². The van der Waals surface area contributed by atoms with Gasteiger partial charge in [-0.25, -0.2) is 14.8 Å². The predicted molar refractivity (Wildman–Crippen MR) is 96.5 cm³/mol. The van der Waals surface area contributed by atoms with Gasteiger partial charge in [-0.3, -0.25) is 4.79 Å². The summed E-state index contributed by atoms with van der Waals surface area (Å²) >= 11 is 0. The number of anilines is 1. The Labute approximate surface area is 149 Å². The summed E-state index contributed by atoms with van der Waals surface area (Å²) in [5.74, 6) is 0.767. The number of carbonyl (C=O) groups is 2.